The van der Waals surface area contributed by atoms with E-state index in [9.17, 15) is 0 Å². The maximum atomic E-state index is 7.34. The van der Waals surface area contributed by atoms with Gasteiger partial charge in [-0.15, -0.1) is 0 Å². The summed E-state index contributed by atoms with van der Waals surface area (Å²) in [5.74, 6) is 0. The van der Waals surface area contributed by atoms with Gasteiger partial charge in [0.25, 0.3) is 0 Å². The third-order valence-corrected chi connectivity index (χ3v) is 1.55. The molecule has 1 aliphatic rings. The molecule has 0 bridgehead atoms. The topological polar surface area (TPSA) is 23.9 Å². The second kappa shape index (κ2) is 2.12. The number of hydrogen-bond donors (Lipinski definition) is 1. The molecule has 1 nitrogen and oxygen atoms in total. The molecule has 0 aliphatic heterocycles. The second-order valence-corrected chi connectivity index (χ2v) is 2.10. The molecule has 1 rings (SSSR count). The molecular formula is C7H11N. The molecule has 0 unspecified atom stereocenters. The van der Waals surface area contributed by atoms with Crippen molar-refractivity contribution in [2.45, 2.75) is 26.2 Å². The van der Waals surface area contributed by atoms with Crippen LogP contribution in [0.5, 0.6) is 0 Å². The van der Waals surface area contributed by atoms with Crippen LogP contribution in [-0.2, 0) is 0 Å². The highest BCUT2D eigenvalue weighted by Crippen LogP contribution is 2.15. The quantitative estimate of drug-likeness (QED) is 0.533. The van der Waals surface area contributed by atoms with Crippen molar-refractivity contribution in [3.63, 3.8) is 0 Å². The third-order valence-electron chi connectivity index (χ3n) is 1.55. The van der Waals surface area contributed by atoms with Crippen molar-refractivity contribution in [1.29, 1.82) is 5.41 Å². The summed E-state index contributed by atoms with van der Waals surface area (Å²) in [5.41, 5.74) is 2.11. The fourth-order valence-corrected chi connectivity index (χ4v) is 1.03. The highest BCUT2D eigenvalue weighted by Gasteiger charge is 2.07. The Kier molecular flexibility index (Phi) is 1.47. The van der Waals surface area contributed by atoms with E-state index >= 15 is 0 Å². The van der Waals surface area contributed by atoms with E-state index < -0.39 is 0 Å². The van der Waals surface area contributed by atoms with Crippen LogP contribution in [0.2, 0.25) is 0 Å². The molecule has 1 N–H and O–H groups in total. The van der Waals surface area contributed by atoms with Crippen LogP contribution in [0.25, 0.3) is 0 Å². The first kappa shape index (κ1) is 5.54. The predicted octanol–water partition coefficient (Wildman–Crippen LogP) is 2.14. The summed E-state index contributed by atoms with van der Waals surface area (Å²) < 4.78 is 0. The zero-order valence-corrected chi connectivity index (χ0v) is 5.20. The monoisotopic (exact) mass is 109 g/mol. The molecular weight excluding hydrogens is 98.1 g/mol. The first-order valence-electron chi connectivity index (χ1n) is 3.11. The van der Waals surface area contributed by atoms with Gasteiger partial charge in [-0.3, -0.25) is 0 Å². The smallest absolute Gasteiger partial charge is 0.0345 e. The summed E-state index contributed by atoms with van der Waals surface area (Å²) in [6.45, 7) is 2.10. The molecule has 0 amide bonds. The molecule has 1 aliphatic carbocycles. The van der Waals surface area contributed by atoms with Gasteiger partial charge in [-0.2, -0.15) is 0 Å². The summed E-state index contributed by atoms with van der Waals surface area (Å²) in [4.78, 5) is 0. The summed E-state index contributed by atoms with van der Waals surface area (Å²) in [6.07, 6.45) is 5.28. The highest BCUT2D eigenvalue weighted by atomic mass is 14.4. The third kappa shape index (κ3) is 0.808. The Labute approximate surface area is 49.9 Å². The molecule has 0 spiro atoms. The van der Waals surface area contributed by atoms with Crippen molar-refractivity contribution in [3.8, 4) is 0 Å². The SMILES string of the molecule is CCC1=CCCC1=N. The fourth-order valence-electron chi connectivity index (χ4n) is 1.03. The Morgan fingerprint density at radius 1 is 1.75 bits per heavy atom. The molecule has 1 heteroatoms. The maximum absolute atomic E-state index is 7.34. The molecule has 0 aromatic carbocycles. The average Bonchev–Trinajstić information content (AvgIpc) is 2.14. The lowest BCUT2D eigenvalue weighted by Crippen LogP contribution is -1.90. The zero-order valence-electron chi connectivity index (χ0n) is 5.20. The Hall–Kier alpha value is -0.590. The number of hydrogen-bond acceptors (Lipinski definition) is 1. The number of nitrogens with one attached hydrogen (secondary N) is 1. The van der Waals surface area contributed by atoms with Crippen molar-refractivity contribution in [2.24, 2.45) is 0 Å². The van der Waals surface area contributed by atoms with Gasteiger partial charge in [0.05, 0.1) is 0 Å². The molecule has 0 aromatic heterocycles. The minimum atomic E-state index is 0.854. The fraction of sp³-hybridized carbons (Fsp3) is 0.571. The van der Waals surface area contributed by atoms with Gasteiger partial charge in [0.15, 0.2) is 0 Å². The van der Waals surface area contributed by atoms with E-state index in [1.54, 1.807) is 0 Å². The summed E-state index contributed by atoms with van der Waals surface area (Å²) in [6, 6.07) is 0. The number of rotatable bonds is 1. The van der Waals surface area contributed by atoms with E-state index in [1.165, 1.54) is 5.57 Å². The first-order valence-corrected chi connectivity index (χ1v) is 3.11. The van der Waals surface area contributed by atoms with Gasteiger partial charge in [-0.05, 0) is 24.8 Å². The zero-order chi connectivity index (χ0) is 5.98. The van der Waals surface area contributed by atoms with Gasteiger partial charge in [-0.1, -0.05) is 13.0 Å². The van der Waals surface area contributed by atoms with E-state index in [4.69, 9.17) is 5.41 Å². The molecule has 0 saturated heterocycles. The minimum Gasteiger partial charge on any atom is -0.305 e. The van der Waals surface area contributed by atoms with Crippen LogP contribution >= 0.6 is 0 Å². The van der Waals surface area contributed by atoms with Crippen molar-refractivity contribution in [3.05, 3.63) is 11.6 Å². The predicted molar refractivity (Wildman–Crippen MR) is 35.3 cm³/mol. The maximum Gasteiger partial charge on any atom is 0.0345 e. The van der Waals surface area contributed by atoms with Crippen LogP contribution in [0.3, 0.4) is 0 Å². The van der Waals surface area contributed by atoms with Crippen LogP contribution < -0.4 is 0 Å². The summed E-state index contributed by atoms with van der Waals surface area (Å²) >= 11 is 0. The molecule has 44 valence electrons. The van der Waals surface area contributed by atoms with Crippen LogP contribution in [0.1, 0.15) is 26.2 Å². The standard InChI is InChI=1S/C7H11N/c1-2-6-4-3-5-7(6)8/h4,8H,2-3,5H2,1H3. The Balaban J connectivity index is 2.62. The molecule has 0 saturated carbocycles. The van der Waals surface area contributed by atoms with Crippen LogP contribution in [0.15, 0.2) is 11.6 Å². The largest absolute Gasteiger partial charge is 0.305 e. The Morgan fingerprint density at radius 2 is 2.50 bits per heavy atom. The van der Waals surface area contributed by atoms with Gasteiger partial charge < -0.3 is 5.41 Å². The van der Waals surface area contributed by atoms with E-state index in [-0.39, 0.29) is 0 Å². The van der Waals surface area contributed by atoms with Gasteiger partial charge in [0.1, 0.15) is 0 Å². The average molecular weight is 109 g/mol. The summed E-state index contributed by atoms with van der Waals surface area (Å²) in [5, 5.41) is 7.34. The number of allylic oxidation sites excluding steroid dienone is 2. The van der Waals surface area contributed by atoms with Crippen molar-refractivity contribution >= 4 is 5.71 Å². The van der Waals surface area contributed by atoms with E-state index in [2.05, 4.69) is 13.0 Å². The Morgan fingerprint density at radius 3 is 2.75 bits per heavy atom. The molecule has 0 aromatic rings. The lowest BCUT2D eigenvalue weighted by atomic mass is 10.1. The van der Waals surface area contributed by atoms with Crippen LogP contribution in [0, 0.1) is 5.41 Å². The van der Waals surface area contributed by atoms with Gasteiger partial charge in [-0.25, -0.2) is 0 Å². The van der Waals surface area contributed by atoms with E-state index in [0.29, 0.717) is 0 Å². The van der Waals surface area contributed by atoms with Crippen molar-refractivity contribution in [1.82, 2.24) is 0 Å². The van der Waals surface area contributed by atoms with Crippen molar-refractivity contribution in [2.75, 3.05) is 0 Å². The van der Waals surface area contributed by atoms with Gasteiger partial charge >= 0.3 is 0 Å². The highest BCUT2D eigenvalue weighted by molar-refractivity contribution is 5.99. The lowest BCUT2D eigenvalue weighted by Gasteiger charge is -1.93. The lowest BCUT2D eigenvalue weighted by molar-refractivity contribution is 1.13. The molecule has 0 fully saturated rings. The molecule has 0 atom stereocenters. The van der Waals surface area contributed by atoms with Crippen molar-refractivity contribution < 1.29 is 0 Å². The Bertz CT molecular complexity index is 133. The minimum absolute atomic E-state index is 0.854. The molecule has 8 heavy (non-hydrogen) atoms. The van der Waals surface area contributed by atoms with E-state index in [1.807, 2.05) is 0 Å². The van der Waals surface area contributed by atoms with Gasteiger partial charge in [0, 0.05) is 5.71 Å². The van der Waals surface area contributed by atoms with Crippen LogP contribution in [0.4, 0.5) is 0 Å². The van der Waals surface area contributed by atoms with Crippen LogP contribution in [-0.4, -0.2) is 5.71 Å². The normalized spacial score (nSPS) is 19.1. The summed E-state index contributed by atoms with van der Waals surface area (Å²) in [7, 11) is 0. The molecule has 0 heterocycles. The first-order chi connectivity index (χ1) is 3.84. The van der Waals surface area contributed by atoms with Gasteiger partial charge in [0.2, 0.25) is 0 Å². The molecule has 0 radical (unpaired) electrons. The second-order valence-electron chi connectivity index (χ2n) is 2.10. The van der Waals surface area contributed by atoms with E-state index in [0.717, 1.165) is 25.0 Å².